The first kappa shape index (κ1) is 19.4. The predicted octanol–water partition coefficient (Wildman–Crippen LogP) is 1.97. The minimum absolute atomic E-state index is 0.120. The normalized spacial score (nSPS) is 19.1. The van der Waals surface area contributed by atoms with E-state index >= 15 is 0 Å². The molecule has 0 saturated carbocycles. The van der Waals surface area contributed by atoms with Crippen molar-refractivity contribution in [2.45, 2.75) is 39.0 Å². The fourth-order valence-corrected chi connectivity index (χ4v) is 2.86. The highest BCUT2D eigenvalue weighted by molar-refractivity contribution is 5.83. The van der Waals surface area contributed by atoms with Crippen LogP contribution in [0.25, 0.3) is 0 Å². The lowest BCUT2D eigenvalue weighted by Gasteiger charge is -2.28. The molecule has 0 radical (unpaired) electrons. The number of nitrogens with zero attached hydrogens (tertiary/aromatic N) is 3. The highest BCUT2D eigenvalue weighted by atomic mass is 16.6. The number of rotatable bonds is 6. The van der Waals surface area contributed by atoms with Gasteiger partial charge >= 0.3 is 6.09 Å². The van der Waals surface area contributed by atoms with Gasteiger partial charge in [0, 0.05) is 18.5 Å². The number of ether oxygens (including phenoxy) is 1. The third-order valence-corrected chi connectivity index (χ3v) is 4.36. The van der Waals surface area contributed by atoms with E-state index in [-0.39, 0.29) is 37.6 Å². The molecule has 1 aromatic carbocycles. The number of hydrogen-bond donors (Lipinski definition) is 0. The summed E-state index contributed by atoms with van der Waals surface area (Å²) in [4.78, 5) is 38.6. The quantitative estimate of drug-likeness (QED) is 0.726. The molecule has 0 aliphatic carbocycles. The molecule has 1 heterocycles. The number of benzene rings is 1. The first-order valence-corrected chi connectivity index (χ1v) is 8.58. The number of nitriles is 1. The lowest BCUT2D eigenvalue weighted by atomic mass is 10.1. The number of hydrogen-bond acceptors (Lipinski definition) is 5. The smallest absolute Gasteiger partial charge is 0.410 e. The molecule has 2 rings (SSSR count). The summed E-state index contributed by atoms with van der Waals surface area (Å²) in [5, 5.41) is 9.20. The summed E-state index contributed by atoms with van der Waals surface area (Å²) in [5.74, 6) is -0.688. The first-order valence-electron chi connectivity index (χ1n) is 8.58. The second-order valence-corrected chi connectivity index (χ2v) is 6.58. The summed E-state index contributed by atoms with van der Waals surface area (Å²) in [6, 6.07) is 10.4. The van der Waals surface area contributed by atoms with Crippen LogP contribution in [0.5, 0.6) is 0 Å². The van der Waals surface area contributed by atoms with Crippen LogP contribution in [0.1, 0.15) is 25.8 Å². The molecule has 0 aromatic heterocycles. The summed E-state index contributed by atoms with van der Waals surface area (Å²) in [7, 11) is 0. The predicted molar refractivity (Wildman–Crippen MR) is 93.8 cm³/mol. The number of amides is 2. The Morgan fingerprint density at radius 3 is 2.65 bits per heavy atom. The minimum Gasteiger partial charge on any atom is -0.445 e. The van der Waals surface area contributed by atoms with Crippen LogP contribution in [-0.4, -0.2) is 53.3 Å². The second-order valence-electron chi connectivity index (χ2n) is 6.58. The third kappa shape index (κ3) is 4.82. The Hall–Kier alpha value is -2.88. The molecule has 2 atom stereocenters. The molecule has 1 saturated heterocycles. The van der Waals surface area contributed by atoms with Crippen LogP contribution < -0.4 is 0 Å². The topological polar surface area (TPSA) is 90.7 Å². The zero-order valence-corrected chi connectivity index (χ0v) is 15.0. The molecule has 138 valence electrons. The molecule has 2 unspecified atom stereocenters. The van der Waals surface area contributed by atoms with Crippen molar-refractivity contribution < 1.29 is 19.1 Å². The number of carbonyl (C=O) groups excluding carboxylic acids is 3. The summed E-state index contributed by atoms with van der Waals surface area (Å²) >= 11 is 0. The molecule has 0 bridgehead atoms. The fourth-order valence-electron chi connectivity index (χ4n) is 2.86. The molecular formula is C19H23N3O4. The van der Waals surface area contributed by atoms with E-state index in [4.69, 9.17) is 4.74 Å². The van der Waals surface area contributed by atoms with Crippen molar-refractivity contribution in [3.05, 3.63) is 35.9 Å². The highest BCUT2D eigenvalue weighted by Gasteiger charge is 2.36. The van der Waals surface area contributed by atoms with Gasteiger partial charge in [0.25, 0.3) is 0 Å². The van der Waals surface area contributed by atoms with Gasteiger partial charge in [-0.05, 0) is 25.8 Å². The molecule has 26 heavy (non-hydrogen) atoms. The maximum absolute atomic E-state index is 12.6. The summed E-state index contributed by atoms with van der Waals surface area (Å²) < 4.78 is 5.31. The van der Waals surface area contributed by atoms with E-state index in [0.29, 0.717) is 6.42 Å². The van der Waals surface area contributed by atoms with Gasteiger partial charge in [0.15, 0.2) is 0 Å². The van der Waals surface area contributed by atoms with E-state index in [0.717, 1.165) is 11.8 Å². The van der Waals surface area contributed by atoms with Crippen LogP contribution in [-0.2, 0) is 20.9 Å². The molecule has 1 aromatic rings. The Morgan fingerprint density at radius 2 is 2.08 bits per heavy atom. The zero-order valence-electron chi connectivity index (χ0n) is 15.0. The van der Waals surface area contributed by atoms with Gasteiger partial charge in [-0.15, -0.1) is 0 Å². The average Bonchev–Trinajstić information content (AvgIpc) is 3.08. The van der Waals surface area contributed by atoms with Crippen molar-refractivity contribution in [2.75, 3.05) is 13.1 Å². The van der Waals surface area contributed by atoms with Crippen LogP contribution in [0.4, 0.5) is 4.79 Å². The number of aldehydes is 1. The summed E-state index contributed by atoms with van der Waals surface area (Å²) in [5.41, 5.74) is 0.855. The second kappa shape index (κ2) is 8.99. The Bertz CT molecular complexity index is 684. The molecule has 7 heteroatoms. The molecule has 0 spiro atoms. The van der Waals surface area contributed by atoms with E-state index in [1.165, 1.54) is 9.80 Å². The van der Waals surface area contributed by atoms with Crippen LogP contribution >= 0.6 is 0 Å². The van der Waals surface area contributed by atoms with E-state index in [1.54, 1.807) is 13.8 Å². The average molecular weight is 357 g/mol. The minimum atomic E-state index is -0.632. The van der Waals surface area contributed by atoms with Gasteiger partial charge in [0.05, 0.1) is 6.07 Å². The molecule has 1 aliphatic rings. The van der Waals surface area contributed by atoms with E-state index in [2.05, 4.69) is 0 Å². The highest BCUT2D eigenvalue weighted by Crippen LogP contribution is 2.22. The van der Waals surface area contributed by atoms with Gasteiger partial charge in [-0.25, -0.2) is 4.79 Å². The van der Waals surface area contributed by atoms with Crippen molar-refractivity contribution in [3.8, 4) is 6.07 Å². The van der Waals surface area contributed by atoms with Crippen molar-refractivity contribution >= 4 is 18.3 Å². The van der Waals surface area contributed by atoms with E-state index in [9.17, 15) is 19.6 Å². The first-order chi connectivity index (χ1) is 12.5. The zero-order chi connectivity index (χ0) is 19.1. The Balaban J connectivity index is 1.98. The van der Waals surface area contributed by atoms with Crippen molar-refractivity contribution in [3.63, 3.8) is 0 Å². The van der Waals surface area contributed by atoms with Gasteiger partial charge < -0.3 is 14.4 Å². The maximum atomic E-state index is 12.6. The van der Waals surface area contributed by atoms with Crippen molar-refractivity contribution in [2.24, 2.45) is 5.92 Å². The number of carbonyl (C=O) groups is 3. The lowest BCUT2D eigenvalue weighted by Crippen LogP contribution is -2.47. The maximum Gasteiger partial charge on any atom is 0.410 e. The van der Waals surface area contributed by atoms with Crippen LogP contribution in [0, 0.1) is 17.2 Å². The van der Waals surface area contributed by atoms with Gasteiger partial charge in [-0.3, -0.25) is 9.69 Å². The third-order valence-electron chi connectivity index (χ3n) is 4.36. The largest absolute Gasteiger partial charge is 0.445 e. The van der Waals surface area contributed by atoms with Crippen molar-refractivity contribution in [1.82, 2.24) is 9.80 Å². The molecule has 0 N–H and O–H groups in total. The Morgan fingerprint density at radius 1 is 1.38 bits per heavy atom. The summed E-state index contributed by atoms with van der Waals surface area (Å²) in [6.07, 6.45) is 0.523. The molecule has 1 fully saturated rings. The van der Waals surface area contributed by atoms with Crippen LogP contribution in [0.3, 0.4) is 0 Å². The fraction of sp³-hybridized carbons (Fsp3) is 0.474. The van der Waals surface area contributed by atoms with E-state index < -0.39 is 12.1 Å². The van der Waals surface area contributed by atoms with E-state index in [1.807, 2.05) is 36.4 Å². The summed E-state index contributed by atoms with van der Waals surface area (Å²) in [6.45, 7) is 3.73. The Kier molecular flexibility index (Phi) is 6.73. The Labute approximate surface area is 153 Å². The van der Waals surface area contributed by atoms with Crippen LogP contribution in [0.15, 0.2) is 30.3 Å². The lowest BCUT2D eigenvalue weighted by molar-refractivity contribution is -0.132. The van der Waals surface area contributed by atoms with Gasteiger partial charge in [0.2, 0.25) is 5.91 Å². The monoisotopic (exact) mass is 357 g/mol. The van der Waals surface area contributed by atoms with Gasteiger partial charge in [-0.1, -0.05) is 30.3 Å². The molecule has 7 nitrogen and oxygen atoms in total. The molecule has 2 amide bonds. The molecular weight excluding hydrogens is 334 g/mol. The van der Waals surface area contributed by atoms with Gasteiger partial charge in [0.1, 0.15) is 25.5 Å². The van der Waals surface area contributed by atoms with Crippen LogP contribution in [0.2, 0.25) is 0 Å². The SMILES string of the molecule is CC(C)N(CC(=O)N1CC(C=O)CC1C#N)C(=O)OCc1ccccc1. The molecule has 1 aliphatic heterocycles. The van der Waals surface area contributed by atoms with Gasteiger partial charge in [-0.2, -0.15) is 5.26 Å². The number of likely N-dealkylation sites (tertiary alicyclic amines) is 1. The van der Waals surface area contributed by atoms with Crippen molar-refractivity contribution in [1.29, 1.82) is 5.26 Å². The standard InChI is InChI=1S/C19H23N3O4/c1-14(2)21(19(25)26-13-15-6-4-3-5-7-15)11-18(24)22-10-16(12-23)8-17(22)9-20/h3-7,12,14,16-17H,8,10-11,13H2,1-2H3.